The first-order valence-electron chi connectivity index (χ1n) is 8.21. The monoisotopic (exact) mass is 403 g/mol. The summed E-state index contributed by atoms with van der Waals surface area (Å²) in [7, 11) is 4.46. The summed E-state index contributed by atoms with van der Waals surface area (Å²) in [5.74, 6) is 0.896. The number of carbonyl (C=O) groups is 1. The molecule has 0 atom stereocenters. The van der Waals surface area contributed by atoms with Crippen LogP contribution in [0.4, 0.5) is 5.69 Å². The maximum atomic E-state index is 12.8. The van der Waals surface area contributed by atoms with Gasteiger partial charge in [0.15, 0.2) is 11.5 Å². The number of nitrogens with zero attached hydrogens (tertiary/aromatic N) is 2. The molecule has 1 N–H and O–H groups in total. The van der Waals surface area contributed by atoms with Gasteiger partial charge >= 0.3 is 0 Å². The van der Waals surface area contributed by atoms with E-state index in [1.54, 1.807) is 24.3 Å². The van der Waals surface area contributed by atoms with E-state index in [-0.39, 0.29) is 12.1 Å². The average molecular weight is 404 g/mol. The molecule has 28 heavy (non-hydrogen) atoms. The Hall–Kier alpha value is -3.26. The molecular formula is C19H18ClN3O5. The fraction of sp³-hybridized carbons (Fsp3) is 0.211. The van der Waals surface area contributed by atoms with Gasteiger partial charge in [0.25, 0.3) is 5.56 Å². The molecule has 2 aromatic carbocycles. The van der Waals surface area contributed by atoms with E-state index in [2.05, 4.69) is 10.3 Å². The molecule has 0 fully saturated rings. The Morgan fingerprint density at radius 2 is 1.75 bits per heavy atom. The number of benzene rings is 2. The van der Waals surface area contributed by atoms with Crippen molar-refractivity contribution < 1.29 is 19.0 Å². The molecule has 0 aliphatic heterocycles. The summed E-state index contributed by atoms with van der Waals surface area (Å²) in [4.78, 5) is 29.4. The zero-order valence-corrected chi connectivity index (χ0v) is 16.2. The first kappa shape index (κ1) is 19.5. The molecule has 0 spiro atoms. The van der Waals surface area contributed by atoms with Crippen molar-refractivity contribution in [1.82, 2.24) is 9.55 Å². The number of hydrogen-bond acceptors (Lipinski definition) is 6. The largest absolute Gasteiger partial charge is 0.495 e. The lowest BCUT2D eigenvalue weighted by molar-refractivity contribution is -0.116. The van der Waals surface area contributed by atoms with Gasteiger partial charge in [-0.2, -0.15) is 0 Å². The van der Waals surface area contributed by atoms with Crippen LogP contribution in [0.3, 0.4) is 0 Å². The van der Waals surface area contributed by atoms with Gasteiger partial charge in [-0.05, 0) is 24.3 Å². The summed E-state index contributed by atoms with van der Waals surface area (Å²) < 4.78 is 16.9. The van der Waals surface area contributed by atoms with Crippen LogP contribution in [0.15, 0.2) is 41.5 Å². The lowest BCUT2D eigenvalue weighted by Crippen LogP contribution is -2.28. The number of aromatic nitrogens is 2. The van der Waals surface area contributed by atoms with Gasteiger partial charge in [0, 0.05) is 11.1 Å². The number of hydrogen-bond donors (Lipinski definition) is 1. The van der Waals surface area contributed by atoms with Crippen LogP contribution in [0.1, 0.15) is 0 Å². The molecule has 0 aliphatic rings. The number of carbonyl (C=O) groups excluding carboxylic acids is 1. The van der Waals surface area contributed by atoms with E-state index in [4.69, 9.17) is 25.8 Å². The molecule has 0 unspecified atom stereocenters. The van der Waals surface area contributed by atoms with Crippen LogP contribution >= 0.6 is 11.6 Å². The van der Waals surface area contributed by atoms with Gasteiger partial charge in [-0.25, -0.2) is 4.98 Å². The predicted molar refractivity (Wildman–Crippen MR) is 106 cm³/mol. The summed E-state index contributed by atoms with van der Waals surface area (Å²) in [5.41, 5.74) is 0.475. The molecule has 1 aromatic heterocycles. The standard InChI is InChI=1S/C19H18ClN3O5/c1-26-15-5-4-11(20)6-14(15)22-18(24)9-23-10-21-13-8-17(28-3)16(27-2)7-12(13)19(23)25/h4-8,10H,9H2,1-3H3,(H,22,24). The predicted octanol–water partition coefficient (Wildman–Crippen LogP) is 2.71. The van der Waals surface area contributed by atoms with Crippen LogP contribution in [0.25, 0.3) is 10.9 Å². The van der Waals surface area contributed by atoms with Crippen LogP contribution in [-0.4, -0.2) is 36.8 Å². The molecule has 3 aromatic rings. The van der Waals surface area contributed by atoms with Gasteiger partial charge in [-0.3, -0.25) is 14.2 Å². The summed E-state index contributed by atoms with van der Waals surface area (Å²) in [5, 5.41) is 3.45. The first-order valence-corrected chi connectivity index (χ1v) is 8.59. The van der Waals surface area contributed by atoms with E-state index >= 15 is 0 Å². The van der Waals surface area contributed by atoms with E-state index in [1.165, 1.54) is 38.3 Å². The number of nitrogens with one attached hydrogen (secondary N) is 1. The van der Waals surface area contributed by atoms with Crippen molar-refractivity contribution in [3.05, 3.63) is 52.0 Å². The summed E-state index contributed by atoms with van der Waals surface area (Å²) in [6, 6.07) is 8.00. The highest BCUT2D eigenvalue weighted by Crippen LogP contribution is 2.30. The van der Waals surface area contributed by atoms with E-state index in [9.17, 15) is 9.59 Å². The Morgan fingerprint density at radius 3 is 2.43 bits per heavy atom. The summed E-state index contributed by atoms with van der Waals surface area (Å²) in [6.07, 6.45) is 1.31. The Balaban J connectivity index is 1.90. The van der Waals surface area contributed by atoms with Crippen LogP contribution in [-0.2, 0) is 11.3 Å². The van der Waals surface area contributed by atoms with Crippen LogP contribution in [0.5, 0.6) is 17.2 Å². The van der Waals surface area contributed by atoms with E-state index in [1.807, 2.05) is 0 Å². The third-order valence-electron chi connectivity index (χ3n) is 4.08. The number of fused-ring (bicyclic) bond motifs is 1. The molecule has 0 saturated heterocycles. The van der Waals surface area contributed by atoms with E-state index in [0.29, 0.717) is 38.9 Å². The van der Waals surface area contributed by atoms with Crippen molar-refractivity contribution in [2.24, 2.45) is 0 Å². The van der Waals surface area contributed by atoms with Crippen molar-refractivity contribution in [2.75, 3.05) is 26.6 Å². The Kier molecular flexibility index (Phi) is 5.70. The van der Waals surface area contributed by atoms with Gasteiger partial charge in [-0.1, -0.05) is 11.6 Å². The highest BCUT2D eigenvalue weighted by Gasteiger charge is 2.14. The second kappa shape index (κ2) is 8.18. The summed E-state index contributed by atoms with van der Waals surface area (Å²) >= 11 is 5.97. The maximum absolute atomic E-state index is 12.8. The average Bonchev–Trinajstić information content (AvgIpc) is 2.69. The fourth-order valence-corrected chi connectivity index (χ4v) is 2.89. The van der Waals surface area contributed by atoms with Crippen LogP contribution < -0.4 is 25.1 Å². The van der Waals surface area contributed by atoms with Gasteiger partial charge in [0.2, 0.25) is 5.91 Å². The number of amides is 1. The Labute approximate surface area is 165 Å². The quantitative estimate of drug-likeness (QED) is 0.680. The molecule has 0 aliphatic carbocycles. The van der Waals surface area contributed by atoms with Crippen molar-refractivity contribution >= 4 is 34.1 Å². The number of halogens is 1. The Morgan fingerprint density at radius 1 is 1.07 bits per heavy atom. The minimum atomic E-state index is -0.427. The van der Waals surface area contributed by atoms with Gasteiger partial charge in [-0.15, -0.1) is 0 Å². The zero-order valence-electron chi connectivity index (χ0n) is 15.5. The van der Waals surface area contributed by atoms with Crippen molar-refractivity contribution in [2.45, 2.75) is 6.54 Å². The number of methoxy groups -OCH3 is 3. The topological polar surface area (TPSA) is 91.7 Å². The van der Waals surface area contributed by atoms with Crippen molar-refractivity contribution in [3.8, 4) is 17.2 Å². The second-order valence-corrected chi connectivity index (χ2v) is 6.23. The second-order valence-electron chi connectivity index (χ2n) is 5.79. The number of ether oxygens (including phenoxy) is 3. The maximum Gasteiger partial charge on any atom is 0.261 e. The molecule has 1 amide bonds. The third kappa shape index (κ3) is 3.86. The van der Waals surface area contributed by atoms with E-state index < -0.39 is 5.91 Å². The lowest BCUT2D eigenvalue weighted by Gasteiger charge is -2.12. The normalized spacial score (nSPS) is 10.6. The van der Waals surface area contributed by atoms with E-state index in [0.717, 1.165) is 0 Å². The lowest BCUT2D eigenvalue weighted by atomic mass is 10.2. The highest BCUT2D eigenvalue weighted by atomic mass is 35.5. The molecular weight excluding hydrogens is 386 g/mol. The SMILES string of the molecule is COc1ccc(Cl)cc1NC(=O)Cn1cnc2cc(OC)c(OC)cc2c1=O. The molecule has 9 heteroatoms. The van der Waals surface area contributed by atoms with Gasteiger partial charge < -0.3 is 19.5 Å². The molecule has 1 heterocycles. The minimum absolute atomic E-state index is 0.230. The Bertz CT molecular complexity index is 1100. The third-order valence-corrected chi connectivity index (χ3v) is 4.31. The number of rotatable bonds is 6. The van der Waals surface area contributed by atoms with Crippen LogP contribution in [0, 0.1) is 0 Å². The molecule has 8 nitrogen and oxygen atoms in total. The minimum Gasteiger partial charge on any atom is -0.495 e. The molecule has 3 rings (SSSR count). The molecule has 0 radical (unpaired) electrons. The van der Waals surface area contributed by atoms with Gasteiger partial charge in [0.05, 0.1) is 44.2 Å². The van der Waals surface area contributed by atoms with Crippen LogP contribution in [0.2, 0.25) is 5.02 Å². The molecule has 146 valence electrons. The number of anilines is 1. The summed E-state index contributed by atoms with van der Waals surface area (Å²) in [6.45, 7) is -0.230. The van der Waals surface area contributed by atoms with Crippen molar-refractivity contribution in [1.29, 1.82) is 0 Å². The first-order chi connectivity index (χ1) is 13.5. The highest BCUT2D eigenvalue weighted by molar-refractivity contribution is 6.31. The fourth-order valence-electron chi connectivity index (χ4n) is 2.72. The molecule has 0 bridgehead atoms. The zero-order chi connectivity index (χ0) is 20.3. The van der Waals surface area contributed by atoms with Crippen molar-refractivity contribution in [3.63, 3.8) is 0 Å². The molecule has 0 saturated carbocycles. The van der Waals surface area contributed by atoms with Gasteiger partial charge in [0.1, 0.15) is 12.3 Å². The smallest absolute Gasteiger partial charge is 0.261 e.